The van der Waals surface area contributed by atoms with Gasteiger partial charge in [-0.3, -0.25) is 0 Å². The van der Waals surface area contributed by atoms with Crippen molar-refractivity contribution >= 4 is 11.7 Å². The fraction of sp³-hybridized carbons (Fsp3) is 0.333. The Morgan fingerprint density at radius 2 is 2.11 bits per heavy atom. The molecule has 1 heterocycles. The number of nitrogen functional groups attached to an aromatic ring is 1. The molecule has 2 N–H and O–H groups in total. The molecule has 2 rings (SSSR count). The Kier molecular flexibility index (Phi) is 3.36. The molecule has 6 nitrogen and oxygen atoms in total. The van der Waals surface area contributed by atoms with Crippen molar-refractivity contribution in [2.75, 3.05) is 31.8 Å². The van der Waals surface area contributed by atoms with Crippen LogP contribution in [0.3, 0.4) is 0 Å². The quantitative estimate of drug-likeness (QED) is 0.822. The summed E-state index contributed by atoms with van der Waals surface area (Å²) in [7, 11) is 5.29. The number of hydrogen-bond acceptors (Lipinski definition) is 6. The van der Waals surface area contributed by atoms with Crippen molar-refractivity contribution in [2.45, 2.75) is 6.42 Å². The van der Waals surface area contributed by atoms with E-state index in [4.69, 9.17) is 14.9 Å². The molecule has 0 bridgehead atoms. The number of nitrogens with zero attached hydrogens (tertiary/aromatic N) is 3. The first-order chi connectivity index (χ1) is 8.60. The van der Waals surface area contributed by atoms with E-state index in [1.54, 1.807) is 12.0 Å². The van der Waals surface area contributed by atoms with Gasteiger partial charge in [-0.1, -0.05) is 11.2 Å². The van der Waals surface area contributed by atoms with Gasteiger partial charge in [-0.05, 0) is 17.7 Å². The lowest BCUT2D eigenvalue weighted by Gasteiger charge is -2.06. The summed E-state index contributed by atoms with van der Waals surface area (Å²) in [5.41, 5.74) is 7.44. The first-order valence-corrected chi connectivity index (χ1v) is 5.52. The van der Waals surface area contributed by atoms with E-state index < -0.39 is 0 Å². The molecule has 0 aliphatic rings. The molecule has 0 saturated carbocycles. The van der Waals surface area contributed by atoms with Crippen LogP contribution in [-0.4, -0.2) is 31.4 Å². The first-order valence-electron chi connectivity index (χ1n) is 5.52. The average molecular weight is 248 g/mol. The maximum Gasteiger partial charge on any atom is 0.317 e. The number of hydrogen-bond donors (Lipinski definition) is 1. The second-order valence-corrected chi connectivity index (χ2v) is 4.13. The fourth-order valence-corrected chi connectivity index (χ4v) is 1.57. The van der Waals surface area contributed by atoms with Crippen LogP contribution in [0.1, 0.15) is 11.5 Å². The zero-order chi connectivity index (χ0) is 13.1. The highest BCUT2D eigenvalue weighted by molar-refractivity contribution is 5.54. The maximum absolute atomic E-state index is 5.84. The van der Waals surface area contributed by atoms with Gasteiger partial charge in [-0.15, -0.1) is 5.10 Å². The lowest BCUT2D eigenvalue weighted by molar-refractivity contribution is 0.417. The van der Waals surface area contributed by atoms with E-state index >= 15 is 0 Å². The second-order valence-electron chi connectivity index (χ2n) is 4.13. The van der Waals surface area contributed by atoms with Crippen molar-refractivity contribution in [3.63, 3.8) is 0 Å². The topological polar surface area (TPSA) is 77.4 Å². The molecule has 0 radical (unpaired) electrons. The van der Waals surface area contributed by atoms with Gasteiger partial charge in [0.05, 0.1) is 19.2 Å². The molecular weight excluding hydrogens is 232 g/mol. The van der Waals surface area contributed by atoms with Crippen molar-refractivity contribution in [2.24, 2.45) is 0 Å². The summed E-state index contributed by atoms with van der Waals surface area (Å²) in [5, 5.41) is 7.90. The van der Waals surface area contributed by atoms with Gasteiger partial charge in [0.2, 0.25) is 5.89 Å². The average Bonchev–Trinajstić information content (AvgIpc) is 2.78. The molecule has 96 valence electrons. The van der Waals surface area contributed by atoms with Gasteiger partial charge in [0.25, 0.3) is 0 Å². The van der Waals surface area contributed by atoms with Gasteiger partial charge >= 0.3 is 6.01 Å². The molecule has 0 spiro atoms. The van der Waals surface area contributed by atoms with Gasteiger partial charge in [0, 0.05) is 14.1 Å². The van der Waals surface area contributed by atoms with Gasteiger partial charge in [-0.2, -0.15) is 0 Å². The summed E-state index contributed by atoms with van der Waals surface area (Å²) < 4.78 is 10.6. The molecule has 6 heteroatoms. The van der Waals surface area contributed by atoms with Gasteiger partial charge in [0.1, 0.15) is 5.75 Å². The van der Waals surface area contributed by atoms with Crippen molar-refractivity contribution in [3.8, 4) is 5.75 Å². The molecule has 2 aromatic rings. The number of anilines is 2. The zero-order valence-electron chi connectivity index (χ0n) is 10.7. The Balaban J connectivity index is 2.15. The lowest BCUT2D eigenvalue weighted by atomic mass is 10.1. The van der Waals surface area contributed by atoms with Crippen LogP contribution in [0.4, 0.5) is 11.7 Å². The van der Waals surface area contributed by atoms with Crippen LogP contribution in [0.25, 0.3) is 0 Å². The Labute approximate surface area is 105 Å². The molecule has 0 aliphatic heterocycles. The molecule has 0 aliphatic carbocycles. The summed E-state index contributed by atoms with van der Waals surface area (Å²) in [6.45, 7) is 0. The predicted molar refractivity (Wildman–Crippen MR) is 68.8 cm³/mol. The highest BCUT2D eigenvalue weighted by atomic mass is 16.5. The molecule has 0 saturated heterocycles. The molecule has 1 aromatic heterocycles. The van der Waals surface area contributed by atoms with E-state index in [-0.39, 0.29) is 0 Å². The summed E-state index contributed by atoms with van der Waals surface area (Å²) in [6.07, 6.45) is 0.551. The SMILES string of the molecule is COc1ccc(Cc2nnc(N(C)C)o2)cc1N. The number of nitrogens with two attached hydrogens (primary N) is 1. The Bertz CT molecular complexity index is 537. The number of methoxy groups -OCH3 is 1. The Morgan fingerprint density at radius 1 is 1.33 bits per heavy atom. The van der Waals surface area contributed by atoms with E-state index in [1.807, 2.05) is 32.3 Å². The van der Waals surface area contributed by atoms with E-state index in [2.05, 4.69) is 10.2 Å². The van der Waals surface area contributed by atoms with Crippen molar-refractivity contribution in [1.82, 2.24) is 10.2 Å². The molecule has 0 fully saturated rings. The largest absolute Gasteiger partial charge is 0.495 e. The Hall–Kier alpha value is -2.24. The summed E-state index contributed by atoms with van der Waals surface area (Å²) in [6, 6.07) is 6.09. The van der Waals surface area contributed by atoms with E-state index in [0.717, 1.165) is 5.56 Å². The minimum absolute atomic E-state index is 0.492. The fourth-order valence-electron chi connectivity index (χ4n) is 1.57. The minimum Gasteiger partial charge on any atom is -0.495 e. The third-order valence-corrected chi connectivity index (χ3v) is 2.49. The van der Waals surface area contributed by atoms with Gasteiger partial charge < -0.3 is 19.8 Å². The number of benzene rings is 1. The monoisotopic (exact) mass is 248 g/mol. The normalized spacial score (nSPS) is 10.4. The van der Waals surface area contributed by atoms with Crippen LogP contribution < -0.4 is 15.4 Å². The zero-order valence-corrected chi connectivity index (χ0v) is 10.7. The van der Waals surface area contributed by atoms with Crippen LogP contribution in [0.2, 0.25) is 0 Å². The van der Waals surface area contributed by atoms with Crippen molar-refractivity contribution in [3.05, 3.63) is 29.7 Å². The minimum atomic E-state index is 0.492. The van der Waals surface area contributed by atoms with Crippen LogP contribution in [0.15, 0.2) is 22.6 Å². The van der Waals surface area contributed by atoms with Gasteiger partial charge in [0.15, 0.2) is 0 Å². The molecule has 0 unspecified atom stereocenters. The first kappa shape index (κ1) is 12.2. The standard InChI is InChI=1S/C12H16N4O2/c1-16(2)12-15-14-11(18-12)7-8-4-5-10(17-3)9(13)6-8/h4-6H,7,13H2,1-3H3. The van der Waals surface area contributed by atoms with Crippen molar-refractivity contribution in [1.29, 1.82) is 0 Å². The highest BCUT2D eigenvalue weighted by Gasteiger charge is 2.09. The van der Waals surface area contributed by atoms with Crippen LogP contribution in [-0.2, 0) is 6.42 Å². The highest BCUT2D eigenvalue weighted by Crippen LogP contribution is 2.23. The summed E-state index contributed by atoms with van der Waals surface area (Å²) in [4.78, 5) is 1.76. The smallest absolute Gasteiger partial charge is 0.317 e. The van der Waals surface area contributed by atoms with E-state index in [9.17, 15) is 0 Å². The van der Waals surface area contributed by atoms with E-state index in [1.165, 1.54) is 0 Å². The lowest BCUT2D eigenvalue weighted by Crippen LogP contribution is -2.08. The third kappa shape index (κ3) is 2.53. The summed E-state index contributed by atoms with van der Waals surface area (Å²) in [5.74, 6) is 1.22. The number of ether oxygens (including phenoxy) is 1. The molecule has 0 amide bonds. The van der Waals surface area contributed by atoms with Crippen molar-refractivity contribution < 1.29 is 9.15 Å². The Morgan fingerprint density at radius 3 is 2.67 bits per heavy atom. The third-order valence-electron chi connectivity index (χ3n) is 2.49. The molecule has 0 atom stereocenters. The molecular formula is C12H16N4O2. The maximum atomic E-state index is 5.84. The van der Waals surface area contributed by atoms with Crippen LogP contribution in [0, 0.1) is 0 Å². The van der Waals surface area contributed by atoms with E-state index in [0.29, 0.717) is 29.8 Å². The molecule has 18 heavy (non-hydrogen) atoms. The number of rotatable bonds is 4. The predicted octanol–water partition coefficient (Wildman–Crippen LogP) is 1.32. The van der Waals surface area contributed by atoms with Crippen LogP contribution in [0.5, 0.6) is 5.75 Å². The summed E-state index contributed by atoms with van der Waals surface area (Å²) >= 11 is 0. The number of aromatic nitrogens is 2. The molecule has 1 aromatic carbocycles. The van der Waals surface area contributed by atoms with Crippen LogP contribution >= 0.6 is 0 Å². The van der Waals surface area contributed by atoms with Gasteiger partial charge in [-0.25, -0.2) is 0 Å². The second kappa shape index (κ2) is 4.95.